The average Bonchev–Trinajstić information content (AvgIpc) is 3.08. The molecule has 0 atom stereocenters. The van der Waals surface area contributed by atoms with Crippen molar-refractivity contribution in [1.82, 2.24) is 14.7 Å². The standard InChI is InChI=1S/C36H45FN8O3S/c1-25-22-26(2)31(39-28-14-16-43(17-15-28)32-12-8-7-10-27(32)24-38)23-29(25)35(46)45-20-18-44(19-21-45)33-13-9-11-30(37)34(33)49(47,48)40-36(41(3)4)42(5)6/h7-13,22-23,28,39H,14-21H2,1-6H3. The van der Waals surface area contributed by atoms with E-state index in [1.54, 1.807) is 53.9 Å². The second-order valence-electron chi connectivity index (χ2n) is 13.0. The molecule has 2 heterocycles. The molecule has 0 aromatic heterocycles. The van der Waals surface area contributed by atoms with E-state index in [0.717, 1.165) is 54.5 Å². The molecule has 5 rings (SSSR count). The molecule has 0 aliphatic carbocycles. The zero-order valence-corrected chi connectivity index (χ0v) is 29.9. The third-order valence-electron chi connectivity index (χ3n) is 9.14. The topological polar surface area (TPSA) is 116 Å². The van der Waals surface area contributed by atoms with Gasteiger partial charge in [-0.05, 0) is 68.1 Å². The molecule has 1 N–H and O–H groups in total. The molecule has 2 fully saturated rings. The highest BCUT2D eigenvalue weighted by Crippen LogP contribution is 2.32. The van der Waals surface area contributed by atoms with Crippen LogP contribution in [0.3, 0.4) is 0 Å². The van der Waals surface area contributed by atoms with E-state index >= 15 is 4.39 Å². The van der Waals surface area contributed by atoms with Crippen LogP contribution < -0.4 is 15.1 Å². The molecule has 0 spiro atoms. The SMILES string of the molecule is Cc1cc(C)c(C(=O)N2CCN(c3cccc(F)c3S(=O)(=O)N=C(N(C)C)N(C)C)CC2)cc1NC1CCN(c2ccccc2C#N)CC1. The van der Waals surface area contributed by atoms with Gasteiger partial charge in [0.05, 0.1) is 16.9 Å². The highest BCUT2D eigenvalue weighted by Gasteiger charge is 2.31. The lowest BCUT2D eigenvalue weighted by molar-refractivity contribution is 0.0746. The van der Waals surface area contributed by atoms with Crippen LogP contribution in [0.2, 0.25) is 0 Å². The maximum Gasteiger partial charge on any atom is 0.290 e. The molecule has 0 saturated carbocycles. The number of amides is 1. The summed E-state index contributed by atoms with van der Waals surface area (Å²) in [7, 11) is 2.29. The fourth-order valence-electron chi connectivity index (χ4n) is 6.61. The van der Waals surface area contributed by atoms with Gasteiger partial charge in [-0.25, -0.2) is 4.39 Å². The molecule has 3 aromatic rings. The summed E-state index contributed by atoms with van der Waals surface area (Å²) in [5.41, 5.74) is 5.36. The van der Waals surface area contributed by atoms with Crippen LogP contribution in [0, 0.1) is 31.0 Å². The van der Waals surface area contributed by atoms with Gasteiger partial charge in [-0.3, -0.25) is 4.79 Å². The summed E-state index contributed by atoms with van der Waals surface area (Å²) >= 11 is 0. The number of piperazine rings is 1. The van der Waals surface area contributed by atoms with Gasteiger partial charge in [0.2, 0.25) is 5.96 Å². The van der Waals surface area contributed by atoms with Crippen molar-refractivity contribution in [3.8, 4) is 6.07 Å². The van der Waals surface area contributed by atoms with Crippen molar-refractivity contribution >= 4 is 39.0 Å². The van der Waals surface area contributed by atoms with Crippen LogP contribution >= 0.6 is 0 Å². The lowest BCUT2D eigenvalue weighted by Crippen LogP contribution is -2.49. The maximum atomic E-state index is 15.2. The second-order valence-corrected chi connectivity index (χ2v) is 14.6. The van der Waals surface area contributed by atoms with Gasteiger partial charge < -0.3 is 29.8 Å². The van der Waals surface area contributed by atoms with Crippen molar-refractivity contribution in [3.63, 3.8) is 0 Å². The van der Waals surface area contributed by atoms with Crippen LogP contribution in [0.15, 0.2) is 63.9 Å². The number of aryl methyl sites for hydroxylation is 2. The van der Waals surface area contributed by atoms with Crippen molar-refractivity contribution < 1.29 is 17.6 Å². The van der Waals surface area contributed by atoms with Gasteiger partial charge in [-0.15, -0.1) is 4.40 Å². The summed E-state index contributed by atoms with van der Waals surface area (Å²) in [6, 6.07) is 18.4. The number of hydrogen-bond donors (Lipinski definition) is 1. The molecule has 49 heavy (non-hydrogen) atoms. The molecule has 2 aliphatic heterocycles. The van der Waals surface area contributed by atoms with Crippen LogP contribution in [0.25, 0.3) is 0 Å². The third-order valence-corrected chi connectivity index (χ3v) is 10.5. The van der Waals surface area contributed by atoms with Crippen molar-refractivity contribution in [2.45, 2.75) is 37.6 Å². The zero-order chi connectivity index (χ0) is 35.5. The van der Waals surface area contributed by atoms with Crippen molar-refractivity contribution in [2.75, 3.05) is 82.6 Å². The van der Waals surface area contributed by atoms with E-state index in [1.165, 1.54) is 6.07 Å². The lowest BCUT2D eigenvalue weighted by Gasteiger charge is -2.37. The first-order valence-corrected chi connectivity index (χ1v) is 17.9. The fraction of sp³-hybridized carbons (Fsp3) is 0.417. The first-order valence-electron chi connectivity index (χ1n) is 16.4. The quantitative estimate of drug-likeness (QED) is 0.283. The van der Waals surface area contributed by atoms with Crippen molar-refractivity contribution in [2.24, 2.45) is 4.40 Å². The van der Waals surface area contributed by atoms with Crippen LogP contribution in [0.5, 0.6) is 0 Å². The highest BCUT2D eigenvalue weighted by molar-refractivity contribution is 7.90. The van der Waals surface area contributed by atoms with Gasteiger partial charge in [-0.1, -0.05) is 24.3 Å². The summed E-state index contributed by atoms with van der Waals surface area (Å²) in [6.45, 7) is 6.98. The number of rotatable bonds is 7. The Kier molecular flexibility index (Phi) is 10.7. The van der Waals surface area contributed by atoms with E-state index in [0.29, 0.717) is 37.3 Å². The van der Waals surface area contributed by atoms with Gasteiger partial charge in [0, 0.05) is 84.8 Å². The summed E-state index contributed by atoms with van der Waals surface area (Å²) in [5, 5.41) is 13.2. The number of anilines is 3. The first-order chi connectivity index (χ1) is 23.3. The van der Waals surface area contributed by atoms with Crippen LogP contribution in [-0.4, -0.2) is 108 Å². The molecule has 0 radical (unpaired) electrons. The van der Waals surface area contributed by atoms with Crippen LogP contribution in [0.1, 0.15) is 39.9 Å². The van der Waals surface area contributed by atoms with E-state index < -0.39 is 20.7 Å². The predicted molar refractivity (Wildman–Crippen MR) is 192 cm³/mol. The maximum absolute atomic E-state index is 15.2. The Morgan fingerprint density at radius 1 is 0.878 bits per heavy atom. The summed E-state index contributed by atoms with van der Waals surface area (Å²) in [6.07, 6.45) is 1.79. The molecule has 2 aliphatic rings. The normalized spacial score (nSPS) is 15.4. The first kappa shape index (κ1) is 35.5. The number of para-hydroxylation sites is 1. The number of piperidine rings is 1. The minimum absolute atomic E-state index is 0.0959. The Hall–Kier alpha value is -4.83. The molecular formula is C36H45FN8O3S. The molecule has 0 bridgehead atoms. The van der Waals surface area contributed by atoms with Crippen LogP contribution in [0.4, 0.5) is 21.5 Å². The minimum Gasteiger partial charge on any atom is -0.382 e. The molecule has 11 nitrogen and oxygen atoms in total. The Morgan fingerprint density at radius 2 is 1.49 bits per heavy atom. The van der Waals surface area contributed by atoms with E-state index in [-0.39, 0.29) is 23.6 Å². The number of guanidine groups is 1. The summed E-state index contributed by atoms with van der Waals surface area (Å²) in [4.78, 5) is 22.3. The number of nitrogens with zero attached hydrogens (tertiary/aromatic N) is 7. The average molecular weight is 689 g/mol. The Bertz CT molecular complexity index is 1860. The molecular weight excluding hydrogens is 644 g/mol. The number of carbonyl (C=O) groups is 1. The highest BCUT2D eigenvalue weighted by atomic mass is 32.2. The monoisotopic (exact) mass is 688 g/mol. The van der Waals surface area contributed by atoms with E-state index in [4.69, 9.17) is 0 Å². The molecule has 1 amide bonds. The Morgan fingerprint density at radius 3 is 2.12 bits per heavy atom. The van der Waals surface area contributed by atoms with Crippen molar-refractivity contribution in [1.29, 1.82) is 5.26 Å². The molecule has 13 heteroatoms. The van der Waals surface area contributed by atoms with Crippen LogP contribution in [-0.2, 0) is 10.0 Å². The number of nitrogens with one attached hydrogen (secondary N) is 1. The number of halogens is 1. The second kappa shape index (κ2) is 14.7. The van der Waals surface area contributed by atoms with E-state index in [2.05, 4.69) is 20.7 Å². The van der Waals surface area contributed by atoms with E-state index in [1.807, 2.05) is 50.2 Å². The zero-order valence-electron chi connectivity index (χ0n) is 29.1. The number of hydrogen-bond acceptors (Lipinski definition) is 7. The molecule has 260 valence electrons. The van der Waals surface area contributed by atoms with Gasteiger partial charge in [0.25, 0.3) is 15.9 Å². The summed E-state index contributed by atoms with van der Waals surface area (Å²) in [5.74, 6) is -0.801. The fourth-order valence-corrected chi connectivity index (χ4v) is 8.01. The Balaban J connectivity index is 1.27. The third kappa shape index (κ3) is 7.75. The van der Waals surface area contributed by atoms with Gasteiger partial charge >= 0.3 is 0 Å². The Labute approximate surface area is 289 Å². The van der Waals surface area contributed by atoms with Gasteiger partial charge in [-0.2, -0.15) is 13.7 Å². The van der Waals surface area contributed by atoms with Crippen molar-refractivity contribution in [3.05, 3.63) is 82.7 Å². The molecule has 3 aromatic carbocycles. The molecule has 2 saturated heterocycles. The lowest BCUT2D eigenvalue weighted by atomic mass is 9.99. The predicted octanol–water partition coefficient (Wildman–Crippen LogP) is 4.53. The number of carbonyl (C=O) groups excluding carboxylic acids is 1. The van der Waals surface area contributed by atoms with Gasteiger partial charge in [0.15, 0.2) is 0 Å². The number of benzene rings is 3. The summed E-state index contributed by atoms with van der Waals surface area (Å²) < 4.78 is 46.1. The molecule has 0 unspecified atom stereocenters. The van der Waals surface area contributed by atoms with E-state index in [9.17, 15) is 18.5 Å². The minimum atomic E-state index is -4.40. The number of nitriles is 1. The number of sulfonamides is 1. The largest absolute Gasteiger partial charge is 0.382 e. The smallest absolute Gasteiger partial charge is 0.290 e. The van der Waals surface area contributed by atoms with Gasteiger partial charge in [0.1, 0.15) is 16.8 Å².